The number of para-hydroxylation sites is 1. The Bertz CT molecular complexity index is 2330. The van der Waals surface area contributed by atoms with E-state index in [1.165, 1.54) is 55.6 Å². The third-order valence-corrected chi connectivity index (χ3v) is 10.6. The summed E-state index contributed by atoms with van der Waals surface area (Å²) in [6, 6.07) is 39.9. The van der Waals surface area contributed by atoms with Gasteiger partial charge in [0.1, 0.15) is 11.3 Å². The zero-order valence-electron chi connectivity index (χ0n) is 29.4. The molecule has 5 aromatic carbocycles. The molecule has 2 aliphatic carbocycles. The molecule has 0 N–H and O–H groups in total. The number of hydrogen-bond donors (Lipinski definition) is 0. The van der Waals surface area contributed by atoms with Gasteiger partial charge in [-0.15, -0.1) is 0 Å². The Kier molecular flexibility index (Phi) is 8.46. The molecule has 1 heterocycles. The standard InChI is InChI=1S/C48H43NO/c1-32-11-8-9-14-44(32)47-31-40(18-17-33(47)2)38-21-27-42(28-22-38)49(41-25-19-37(20-26-41)36-12-6-5-7-13-36)43-29-23-39(24-30-43)46-16-10-15-45-34(3)35(4)50-48(45)46/h6,8-19,21-31,37H,5,7,20H2,1-4H3. The highest BCUT2D eigenvalue weighted by Gasteiger charge is 2.20. The van der Waals surface area contributed by atoms with E-state index in [1.807, 2.05) is 6.92 Å². The van der Waals surface area contributed by atoms with Crippen LogP contribution in [-0.2, 0) is 0 Å². The van der Waals surface area contributed by atoms with Crippen molar-refractivity contribution in [1.82, 2.24) is 0 Å². The van der Waals surface area contributed by atoms with Crippen molar-refractivity contribution in [2.24, 2.45) is 5.92 Å². The predicted octanol–water partition coefficient (Wildman–Crippen LogP) is 13.5. The van der Waals surface area contributed by atoms with Crippen molar-refractivity contribution in [3.05, 3.63) is 179 Å². The molecule has 0 saturated carbocycles. The number of rotatable bonds is 7. The van der Waals surface area contributed by atoms with Crippen LogP contribution in [0.25, 0.3) is 44.3 Å². The highest BCUT2D eigenvalue weighted by molar-refractivity contribution is 5.95. The molecule has 2 heteroatoms. The minimum absolute atomic E-state index is 0.423. The van der Waals surface area contributed by atoms with E-state index in [0.29, 0.717) is 5.92 Å². The van der Waals surface area contributed by atoms with Gasteiger partial charge in [0.25, 0.3) is 0 Å². The zero-order chi connectivity index (χ0) is 34.2. The summed E-state index contributed by atoms with van der Waals surface area (Å²) in [5.74, 6) is 1.40. The molecule has 1 atom stereocenters. The molecule has 0 saturated heterocycles. The summed E-state index contributed by atoms with van der Waals surface area (Å²) in [5.41, 5.74) is 16.9. The monoisotopic (exact) mass is 649 g/mol. The Morgan fingerprint density at radius 3 is 2.00 bits per heavy atom. The smallest absolute Gasteiger partial charge is 0.142 e. The van der Waals surface area contributed by atoms with Gasteiger partial charge in [-0.1, -0.05) is 109 Å². The van der Waals surface area contributed by atoms with Crippen LogP contribution in [0.4, 0.5) is 11.4 Å². The van der Waals surface area contributed by atoms with Crippen molar-refractivity contribution >= 4 is 22.3 Å². The van der Waals surface area contributed by atoms with Gasteiger partial charge in [-0.25, -0.2) is 0 Å². The van der Waals surface area contributed by atoms with E-state index >= 15 is 0 Å². The van der Waals surface area contributed by atoms with E-state index in [9.17, 15) is 0 Å². The molecule has 246 valence electrons. The largest absolute Gasteiger partial charge is 0.460 e. The number of benzene rings is 5. The van der Waals surface area contributed by atoms with E-state index in [-0.39, 0.29) is 0 Å². The molecular formula is C48H43NO. The number of nitrogens with zero attached hydrogens (tertiary/aromatic N) is 1. The molecular weight excluding hydrogens is 607 g/mol. The number of anilines is 2. The summed E-state index contributed by atoms with van der Waals surface area (Å²) in [6.45, 7) is 8.57. The van der Waals surface area contributed by atoms with Crippen molar-refractivity contribution in [2.45, 2.75) is 47.0 Å². The van der Waals surface area contributed by atoms with Gasteiger partial charge in [-0.05, 0) is 133 Å². The van der Waals surface area contributed by atoms with Gasteiger partial charge in [0, 0.05) is 33.9 Å². The van der Waals surface area contributed by atoms with Gasteiger partial charge < -0.3 is 9.32 Å². The summed E-state index contributed by atoms with van der Waals surface area (Å²) in [7, 11) is 0. The van der Waals surface area contributed by atoms with E-state index < -0.39 is 0 Å². The number of hydrogen-bond acceptors (Lipinski definition) is 2. The second-order valence-corrected chi connectivity index (χ2v) is 13.8. The normalized spacial score (nSPS) is 15.6. The van der Waals surface area contributed by atoms with Crippen LogP contribution in [0.15, 0.2) is 161 Å². The average Bonchev–Trinajstić information content (AvgIpc) is 3.46. The molecule has 2 aliphatic rings. The lowest BCUT2D eigenvalue weighted by atomic mass is 9.88. The van der Waals surface area contributed by atoms with E-state index in [0.717, 1.165) is 53.1 Å². The maximum absolute atomic E-state index is 6.24. The molecule has 1 unspecified atom stereocenters. The van der Waals surface area contributed by atoms with Crippen LogP contribution in [0.2, 0.25) is 0 Å². The van der Waals surface area contributed by atoms with E-state index in [2.05, 4.69) is 171 Å². The van der Waals surface area contributed by atoms with Crippen LogP contribution in [-0.4, -0.2) is 0 Å². The number of fused-ring (bicyclic) bond motifs is 1. The SMILES string of the molecule is Cc1ccccc1-c1cc(-c2ccc(N(C3=CCC(C4=CCCC=C4)C=C3)c3ccc(-c4cccc5c(C)c(C)oc45)cc3)cc2)ccc1C. The Balaban J connectivity index is 1.15. The highest BCUT2D eigenvalue weighted by Crippen LogP contribution is 2.39. The minimum Gasteiger partial charge on any atom is -0.460 e. The minimum atomic E-state index is 0.423. The van der Waals surface area contributed by atoms with Crippen molar-refractivity contribution in [2.75, 3.05) is 4.90 Å². The number of allylic oxidation sites excluding steroid dienone is 7. The Morgan fingerprint density at radius 1 is 0.600 bits per heavy atom. The zero-order valence-corrected chi connectivity index (χ0v) is 29.4. The number of aryl methyl sites for hydroxylation is 4. The summed E-state index contributed by atoms with van der Waals surface area (Å²) < 4.78 is 6.24. The van der Waals surface area contributed by atoms with Gasteiger partial charge in [-0.3, -0.25) is 0 Å². The molecule has 8 rings (SSSR count). The quantitative estimate of drug-likeness (QED) is 0.171. The molecule has 0 amide bonds. The first kappa shape index (κ1) is 31.7. The van der Waals surface area contributed by atoms with Crippen molar-refractivity contribution in [3.63, 3.8) is 0 Å². The summed E-state index contributed by atoms with van der Waals surface area (Å²) in [5, 5.41) is 1.18. The molecule has 6 aromatic rings. The van der Waals surface area contributed by atoms with Crippen molar-refractivity contribution < 1.29 is 4.42 Å². The highest BCUT2D eigenvalue weighted by atomic mass is 16.3. The fourth-order valence-corrected chi connectivity index (χ4v) is 7.53. The molecule has 0 bridgehead atoms. The molecule has 2 nitrogen and oxygen atoms in total. The van der Waals surface area contributed by atoms with Gasteiger partial charge in [-0.2, -0.15) is 0 Å². The van der Waals surface area contributed by atoms with Gasteiger partial charge in [0.2, 0.25) is 0 Å². The third-order valence-electron chi connectivity index (χ3n) is 10.6. The fourth-order valence-electron chi connectivity index (χ4n) is 7.53. The third kappa shape index (κ3) is 5.96. The molecule has 0 radical (unpaired) electrons. The van der Waals surface area contributed by atoms with Crippen LogP contribution in [0.1, 0.15) is 41.7 Å². The van der Waals surface area contributed by atoms with Crippen LogP contribution in [0.3, 0.4) is 0 Å². The Hall–Kier alpha value is -5.60. The molecule has 0 fully saturated rings. The summed E-state index contributed by atoms with van der Waals surface area (Å²) in [6.07, 6.45) is 17.4. The molecule has 1 aromatic heterocycles. The summed E-state index contributed by atoms with van der Waals surface area (Å²) >= 11 is 0. The summed E-state index contributed by atoms with van der Waals surface area (Å²) in [4.78, 5) is 2.39. The van der Waals surface area contributed by atoms with Crippen molar-refractivity contribution in [3.8, 4) is 33.4 Å². The maximum Gasteiger partial charge on any atom is 0.142 e. The first-order chi connectivity index (χ1) is 24.4. The Labute approximate surface area is 296 Å². The van der Waals surface area contributed by atoms with E-state index in [4.69, 9.17) is 4.42 Å². The average molecular weight is 650 g/mol. The van der Waals surface area contributed by atoms with Crippen LogP contribution in [0.5, 0.6) is 0 Å². The lowest BCUT2D eigenvalue weighted by Gasteiger charge is -2.30. The maximum atomic E-state index is 6.24. The van der Waals surface area contributed by atoms with Crippen LogP contribution < -0.4 is 4.90 Å². The first-order valence-electron chi connectivity index (χ1n) is 17.9. The van der Waals surface area contributed by atoms with E-state index in [1.54, 1.807) is 0 Å². The lowest BCUT2D eigenvalue weighted by Crippen LogP contribution is -2.18. The number of furan rings is 1. The van der Waals surface area contributed by atoms with Gasteiger partial charge >= 0.3 is 0 Å². The van der Waals surface area contributed by atoms with Crippen LogP contribution >= 0.6 is 0 Å². The Morgan fingerprint density at radius 2 is 1.30 bits per heavy atom. The molecule has 0 aliphatic heterocycles. The molecule has 0 spiro atoms. The van der Waals surface area contributed by atoms with Gasteiger partial charge in [0.15, 0.2) is 0 Å². The second kappa shape index (κ2) is 13.4. The molecule has 50 heavy (non-hydrogen) atoms. The lowest BCUT2D eigenvalue weighted by molar-refractivity contribution is 0.576. The van der Waals surface area contributed by atoms with Gasteiger partial charge in [0.05, 0.1) is 0 Å². The fraction of sp³-hybridized carbons (Fsp3) is 0.167. The first-order valence-corrected chi connectivity index (χ1v) is 17.9. The van der Waals surface area contributed by atoms with Crippen molar-refractivity contribution in [1.29, 1.82) is 0 Å². The predicted molar refractivity (Wildman–Crippen MR) is 212 cm³/mol. The second-order valence-electron chi connectivity index (χ2n) is 13.8. The topological polar surface area (TPSA) is 16.4 Å². The van der Waals surface area contributed by atoms with Crippen LogP contribution in [0, 0.1) is 33.6 Å².